The van der Waals surface area contributed by atoms with Gasteiger partial charge in [-0.1, -0.05) is 19.3 Å². The zero-order valence-corrected chi connectivity index (χ0v) is 11.7. The lowest BCUT2D eigenvalue weighted by Gasteiger charge is -2.25. The van der Waals surface area contributed by atoms with Crippen molar-refractivity contribution < 1.29 is 17.2 Å². The lowest BCUT2D eigenvalue weighted by molar-refractivity contribution is 0.362. The van der Waals surface area contributed by atoms with Crippen molar-refractivity contribution in [1.29, 1.82) is 5.26 Å². The number of rotatable bonds is 3. The van der Waals surface area contributed by atoms with E-state index in [0.29, 0.717) is 18.9 Å². The molecule has 0 aromatic heterocycles. The molecule has 1 aromatic rings. The van der Waals surface area contributed by atoms with Crippen molar-refractivity contribution in [3.8, 4) is 6.07 Å². The summed E-state index contributed by atoms with van der Waals surface area (Å²) in [4.78, 5) is -0.325. The number of nitriles is 1. The van der Waals surface area contributed by atoms with Crippen LogP contribution < -0.4 is 0 Å². The molecule has 1 fully saturated rings. The van der Waals surface area contributed by atoms with Crippen LogP contribution in [0.15, 0.2) is 23.1 Å². The van der Waals surface area contributed by atoms with Gasteiger partial charge in [-0.25, -0.2) is 17.2 Å². The van der Waals surface area contributed by atoms with Crippen LogP contribution in [0.5, 0.6) is 0 Å². The van der Waals surface area contributed by atoms with Gasteiger partial charge in [0.1, 0.15) is 0 Å². The average Bonchev–Trinajstić information content (AvgIpc) is 2.43. The minimum Gasteiger partial charge on any atom is -0.222 e. The van der Waals surface area contributed by atoms with Crippen molar-refractivity contribution in [3.63, 3.8) is 0 Å². The van der Waals surface area contributed by atoms with Crippen molar-refractivity contribution in [2.75, 3.05) is 0 Å². The normalized spacial score (nSPS) is 18.4. The van der Waals surface area contributed by atoms with Gasteiger partial charge >= 0.3 is 0 Å². The molecular weight excluding hydrogens is 284 g/mol. The predicted molar refractivity (Wildman–Crippen MR) is 69.5 cm³/mol. The van der Waals surface area contributed by atoms with Gasteiger partial charge in [0.2, 0.25) is 0 Å². The molecule has 108 valence electrons. The second-order valence-corrected chi connectivity index (χ2v) is 7.14. The van der Waals surface area contributed by atoms with Crippen LogP contribution >= 0.6 is 0 Å². The van der Waals surface area contributed by atoms with Crippen LogP contribution in [0, 0.1) is 28.9 Å². The smallest absolute Gasteiger partial charge is 0.194 e. The first-order valence-electron chi connectivity index (χ1n) is 6.55. The van der Waals surface area contributed by atoms with E-state index in [1.165, 1.54) is 0 Å². The molecule has 0 amide bonds. The fourth-order valence-electron chi connectivity index (χ4n) is 2.67. The summed E-state index contributed by atoms with van der Waals surface area (Å²) in [6.07, 6.45) is 4.20. The van der Waals surface area contributed by atoms with E-state index in [0.717, 1.165) is 31.4 Å². The van der Waals surface area contributed by atoms with E-state index in [9.17, 15) is 22.5 Å². The zero-order chi connectivity index (χ0) is 14.8. The first kappa shape index (κ1) is 14.9. The summed E-state index contributed by atoms with van der Waals surface area (Å²) in [5.41, 5.74) is 0. The lowest BCUT2D eigenvalue weighted by Crippen LogP contribution is -2.30. The summed E-state index contributed by atoms with van der Waals surface area (Å²) in [7, 11) is -3.96. The van der Waals surface area contributed by atoms with Crippen LogP contribution in [-0.4, -0.2) is 13.7 Å². The molecule has 20 heavy (non-hydrogen) atoms. The van der Waals surface area contributed by atoms with E-state index >= 15 is 0 Å². The first-order chi connectivity index (χ1) is 9.46. The largest absolute Gasteiger partial charge is 0.222 e. The molecule has 1 atom stereocenters. The van der Waals surface area contributed by atoms with Crippen molar-refractivity contribution in [3.05, 3.63) is 29.8 Å². The van der Waals surface area contributed by atoms with Gasteiger partial charge in [-0.3, -0.25) is 0 Å². The number of hydrogen-bond donors (Lipinski definition) is 0. The van der Waals surface area contributed by atoms with Crippen LogP contribution in [-0.2, 0) is 9.84 Å². The van der Waals surface area contributed by atoms with Gasteiger partial charge in [0, 0.05) is 0 Å². The molecular formula is C14H15F2NO2S. The molecule has 0 spiro atoms. The van der Waals surface area contributed by atoms with Crippen LogP contribution in [0.1, 0.15) is 32.1 Å². The Morgan fingerprint density at radius 3 is 2.35 bits per heavy atom. The van der Waals surface area contributed by atoms with E-state index in [4.69, 9.17) is 0 Å². The Kier molecular flexibility index (Phi) is 4.39. The Morgan fingerprint density at radius 1 is 1.15 bits per heavy atom. The molecule has 2 rings (SSSR count). The highest BCUT2D eigenvalue weighted by molar-refractivity contribution is 7.92. The van der Waals surface area contributed by atoms with Crippen molar-refractivity contribution in [2.45, 2.75) is 42.2 Å². The highest BCUT2D eigenvalue weighted by Crippen LogP contribution is 2.32. The maximum absolute atomic E-state index is 13.2. The van der Waals surface area contributed by atoms with Gasteiger partial charge in [-0.05, 0) is 37.0 Å². The van der Waals surface area contributed by atoms with E-state index in [2.05, 4.69) is 0 Å². The number of hydrogen-bond acceptors (Lipinski definition) is 3. The fraction of sp³-hybridized carbons (Fsp3) is 0.500. The van der Waals surface area contributed by atoms with E-state index in [1.54, 1.807) is 0 Å². The van der Waals surface area contributed by atoms with Gasteiger partial charge in [0.05, 0.1) is 11.0 Å². The second kappa shape index (κ2) is 5.88. The maximum Gasteiger partial charge on any atom is 0.194 e. The predicted octanol–water partition coefficient (Wildman–Crippen LogP) is 3.21. The molecule has 0 bridgehead atoms. The summed E-state index contributed by atoms with van der Waals surface area (Å²) in [5, 5.41) is 8.01. The summed E-state index contributed by atoms with van der Waals surface area (Å²) < 4.78 is 50.9. The molecule has 0 saturated heterocycles. The molecule has 0 heterocycles. The van der Waals surface area contributed by atoms with E-state index < -0.39 is 26.7 Å². The topological polar surface area (TPSA) is 57.9 Å². The van der Waals surface area contributed by atoms with Gasteiger partial charge in [-0.2, -0.15) is 5.26 Å². The Hall–Kier alpha value is -1.48. The van der Waals surface area contributed by atoms with Crippen molar-refractivity contribution in [2.24, 2.45) is 5.92 Å². The van der Waals surface area contributed by atoms with Gasteiger partial charge < -0.3 is 0 Å². The molecule has 0 aliphatic heterocycles. The molecule has 1 aliphatic carbocycles. The summed E-state index contributed by atoms with van der Waals surface area (Å²) in [5.74, 6) is -2.55. The lowest BCUT2D eigenvalue weighted by atomic mass is 9.87. The monoisotopic (exact) mass is 299 g/mol. The molecule has 1 aromatic carbocycles. The third kappa shape index (κ3) is 2.83. The quantitative estimate of drug-likeness (QED) is 0.805. The van der Waals surface area contributed by atoms with Crippen LogP contribution in [0.2, 0.25) is 0 Å². The number of sulfone groups is 1. The fourth-order valence-corrected chi connectivity index (χ4v) is 4.40. The Bertz CT molecular complexity index is 631. The Labute approximate surface area is 117 Å². The summed E-state index contributed by atoms with van der Waals surface area (Å²) in [6.45, 7) is 0. The standard InChI is InChI=1S/C14H15F2NO2S/c15-12-7-6-11(8-13(12)16)20(18,19)14(9-17)10-4-2-1-3-5-10/h6-8,10,14H,1-5H2. The first-order valence-corrected chi connectivity index (χ1v) is 8.10. The SMILES string of the molecule is N#CC(C1CCCCC1)S(=O)(=O)c1ccc(F)c(F)c1. The number of nitrogens with zero attached hydrogens (tertiary/aromatic N) is 1. The highest BCUT2D eigenvalue weighted by atomic mass is 32.2. The molecule has 1 saturated carbocycles. The molecule has 0 N–H and O–H groups in total. The molecule has 1 aliphatic rings. The summed E-state index contributed by atoms with van der Waals surface area (Å²) in [6, 6.07) is 4.28. The zero-order valence-electron chi connectivity index (χ0n) is 10.9. The molecule has 3 nitrogen and oxygen atoms in total. The third-order valence-corrected chi connectivity index (χ3v) is 5.83. The average molecular weight is 299 g/mol. The third-order valence-electron chi connectivity index (χ3n) is 3.76. The van der Waals surface area contributed by atoms with Crippen LogP contribution in [0.4, 0.5) is 8.78 Å². The molecule has 0 radical (unpaired) electrons. The van der Waals surface area contributed by atoms with Gasteiger partial charge in [-0.15, -0.1) is 0 Å². The minimum absolute atomic E-state index is 0.230. The van der Waals surface area contributed by atoms with Crippen molar-refractivity contribution >= 4 is 9.84 Å². The maximum atomic E-state index is 13.2. The molecule has 6 heteroatoms. The Morgan fingerprint density at radius 2 is 1.80 bits per heavy atom. The van der Waals surface area contributed by atoms with Crippen molar-refractivity contribution in [1.82, 2.24) is 0 Å². The number of halogens is 2. The second-order valence-electron chi connectivity index (χ2n) is 5.07. The minimum atomic E-state index is -3.96. The van der Waals surface area contributed by atoms with Gasteiger partial charge in [0.15, 0.2) is 26.7 Å². The van der Waals surface area contributed by atoms with Crippen LogP contribution in [0.25, 0.3) is 0 Å². The van der Waals surface area contributed by atoms with E-state index in [1.807, 2.05) is 6.07 Å². The Balaban J connectivity index is 2.36. The van der Waals surface area contributed by atoms with Crippen LogP contribution in [0.3, 0.4) is 0 Å². The number of benzene rings is 1. The molecule has 1 unspecified atom stereocenters. The van der Waals surface area contributed by atoms with Gasteiger partial charge in [0.25, 0.3) is 0 Å². The summed E-state index contributed by atoms with van der Waals surface area (Å²) >= 11 is 0. The highest BCUT2D eigenvalue weighted by Gasteiger charge is 2.35. The van der Waals surface area contributed by atoms with E-state index in [-0.39, 0.29) is 10.8 Å².